The van der Waals surface area contributed by atoms with Crippen LogP contribution in [0.5, 0.6) is 17.2 Å². The highest BCUT2D eigenvalue weighted by molar-refractivity contribution is 5.34. The molecule has 5 nitrogen and oxygen atoms in total. The largest absolute Gasteiger partial charge is 0.508 e. The number of hydrogen-bond acceptors (Lipinski definition) is 4. The molecule has 0 amide bonds. The molecule has 2 N–H and O–H groups in total. The van der Waals surface area contributed by atoms with Crippen molar-refractivity contribution in [3.05, 3.63) is 36.7 Å². The Morgan fingerprint density at radius 2 is 2.28 bits per heavy atom. The van der Waals surface area contributed by atoms with Crippen LogP contribution in [0.2, 0.25) is 0 Å². The first-order valence-corrected chi connectivity index (χ1v) is 5.84. The number of aromatic nitrogens is 2. The highest BCUT2D eigenvalue weighted by atomic mass is 16.5. The van der Waals surface area contributed by atoms with E-state index in [2.05, 4.69) is 17.3 Å². The van der Waals surface area contributed by atoms with Crippen molar-refractivity contribution in [2.75, 3.05) is 7.05 Å². The van der Waals surface area contributed by atoms with Gasteiger partial charge in [0.25, 0.3) is 0 Å². The van der Waals surface area contributed by atoms with Gasteiger partial charge >= 0.3 is 0 Å². The molecule has 18 heavy (non-hydrogen) atoms. The van der Waals surface area contributed by atoms with Crippen LogP contribution in [0.25, 0.3) is 0 Å². The van der Waals surface area contributed by atoms with E-state index >= 15 is 0 Å². The molecule has 0 saturated heterocycles. The van der Waals surface area contributed by atoms with Gasteiger partial charge in [0.15, 0.2) is 5.75 Å². The van der Waals surface area contributed by atoms with E-state index < -0.39 is 0 Å². The summed E-state index contributed by atoms with van der Waals surface area (Å²) in [7, 11) is 1.92. The number of phenolic OH excluding ortho intramolecular Hbond substituents is 1. The second-order valence-electron chi connectivity index (χ2n) is 4.19. The topological polar surface area (TPSA) is 59.3 Å². The van der Waals surface area contributed by atoms with Gasteiger partial charge in [-0.25, -0.2) is 0 Å². The highest BCUT2D eigenvalue weighted by Crippen LogP contribution is 2.23. The minimum atomic E-state index is 0.184. The fourth-order valence-electron chi connectivity index (χ4n) is 1.55. The molecule has 0 saturated carbocycles. The van der Waals surface area contributed by atoms with E-state index in [-0.39, 0.29) is 5.75 Å². The van der Waals surface area contributed by atoms with Crippen molar-refractivity contribution >= 4 is 0 Å². The van der Waals surface area contributed by atoms with Crippen LogP contribution in [0.3, 0.4) is 0 Å². The Kier molecular flexibility index (Phi) is 3.84. The molecule has 0 aliphatic heterocycles. The van der Waals surface area contributed by atoms with Crippen molar-refractivity contribution < 1.29 is 9.84 Å². The summed E-state index contributed by atoms with van der Waals surface area (Å²) < 4.78 is 7.41. The number of phenols is 1. The Hall–Kier alpha value is -2.01. The monoisotopic (exact) mass is 247 g/mol. The summed E-state index contributed by atoms with van der Waals surface area (Å²) in [5.41, 5.74) is 0. The second-order valence-corrected chi connectivity index (χ2v) is 4.19. The lowest BCUT2D eigenvalue weighted by atomic mass is 10.3. The van der Waals surface area contributed by atoms with Crippen molar-refractivity contribution in [1.82, 2.24) is 15.1 Å². The van der Waals surface area contributed by atoms with E-state index in [4.69, 9.17) is 4.74 Å². The highest BCUT2D eigenvalue weighted by Gasteiger charge is 2.04. The van der Waals surface area contributed by atoms with E-state index in [1.54, 1.807) is 30.5 Å². The summed E-state index contributed by atoms with van der Waals surface area (Å²) in [4.78, 5) is 0. The number of nitrogens with one attached hydrogen (secondary N) is 1. The zero-order valence-electron chi connectivity index (χ0n) is 10.5. The molecule has 96 valence electrons. The van der Waals surface area contributed by atoms with Crippen LogP contribution < -0.4 is 10.1 Å². The third-order valence-corrected chi connectivity index (χ3v) is 2.62. The molecule has 2 aromatic rings. The van der Waals surface area contributed by atoms with Crippen molar-refractivity contribution in [3.63, 3.8) is 0 Å². The van der Waals surface area contributed by atoms with Crippen molar-refractivity contribution in [2.45, 2.75) is 19.5 Å². The molecule has 1 aromatic carbocycles. The van der Waals surface area contributed by atoms with Gasteiger partial charge < -0.3 is 15.2 Å². The number of rotatable bonds is 5. The first-order valence-electron chi connectivity index (χ1n) is 5.84. The van der Waals surface area contributed by atoms with E-state index in [9.17, 15) is 5.11 Å². The summed E-state index contributed by atoms with van der Waals surface area (Å²) in [6.07, 6.45) is 3.49. The number of ether oxygens (including phenoxy) is 1. The Morgan fingerprint density at radius 1 is 1.44 bits per heavy atom. The zero-order valence-corrected chi connectivity index (χ0v) is 10.5. The first-order chi connectivity index (χ1) is 8.67. The summed E-state index contributed by atoms with van der Waals surface area (Å²) in [6, 6.07) is 7.03. The number of likely N-dealkylation sites (N-methyl/N-ethyl adjacent to an activating group) is 1. The Bertz CT molecular complexity index is 510. The van der Waals surface area contributed by atoms with Gasteiger partial charge in [0.05, 0.1) is 18.9 Å². The van der Waals surface area contributed by atoms with Crippen LogP contribution in [0.15, 0.2) is 36.7 Å². The normalized spacial score (nSPS) is 12.3. The Labute approximate surface area is 106 Å². The summed E-state index contributed by atoms with van der Waals surface area (Å²) in [5, 5.41) is 16.7. The fourth-order valence-corrected chi connectivity index (χ4v) is 1.55. The molecular weight excluding hydrogens is 230 g/mol. The van der Waals surface area contributed by atoms with Gasteiger partial charge in [0, 0.05) is 12.1 Å². The van der Waals surface area contributed by atoms with Crippen molar-refractivity contribution in [3.8, 4) is 17.2 Å². The minimum Gasteiger partial charge on any atom is -0.508 e. The molecule has 0 spiro atoms. The number of aromatic hydroxyl groups is 1. The SMILES string of the molecule is CNC(C)Cn1cc(Oc2cccc(O)c2)cn1. The minimum absolute atomic E-state index is 0.184. The van der Waals surface area contributed by atoms with Gasteiger partial charge in [0.2, 0.25) is 0 Å². The van der Waals surface area contributed by atoms with Crippen molar-refractivity contribution in [1.29, 1.82) is 0 Å². The van der Waals surface area contributed by atoms with Crippen LogP contribution in [0.1, 0.15) is 6.92 Å². The summed E-state index contributed by atoms with van der Waals surface area (Å²) in [5.74, 6) is 1.43. The number of nitrogens with zero attached hydrogens (tertiary/aromatic N) is 2. The third-order valence-electron chi connectivity index (χ3n) is 2.62. The number of hydrogen-bond donors (Lipinski definition) is 2. The second kappa shape index (κ2) is 5.55. The van der Waals surface area contributed by atoms with Crippen LogP contribution >= 0.6 is 0 Å². The molecule has 1 heterocycles. The lowest BCUT2D eigenvalue weighted by Crippen LogP contribution is -2.26. The van der Waals surface area contributed by atoms with Gasteiger partial charge in [-0.1, -0.05) is 6.07 Å². The average Bonchev–Trinajstić information content (AvgIpc) is 2.76. The maximum atomic E-state index is 9.34. The Balaban J connectivity index is 2.02. The van der Waals surface area contributed by atoms with Crippen LogP contribution in [0, 0.1) is 0 Å². The molecule has 0 bridgehead atoms. The van der Waals surface area contributed by atoms with Gasteiger partial charge in [0.1, 0.15) is 11.5 Å². The van der Waals surface area contributed by atoms with E-state index in [1.807, 2.05) is 17.9 Å². The maximum Gasteiger partial charge on any atom is 0.165 e. The van der Waals surface area contributed by atoms with Gasteiger partial charge in [-0.05, 0) is 26.1 Å². The van der Waals surface area contributed by atoms with E-state index in [1.165, 1.54) is 0 Å². The quantitative estimate of drug-likeness (QED) is 0.848. The molecule has 1 atom stereocenters. The predicted octanol–water partition coefficient (Wildman–Crippen LogP) is 1.99. The van der Waals surface area contributed by atoms with Crippen LogP contribution in [0.4, 0.5) is 0 Å². The zero-order chi connectivity index (χ0) is 13.0. The summed E-state index contributed by atoms with van der Waals surface area (Å²) in [6.45, 7) is 2.86. The van der Waals surface area contributed by atoms with Gasteiger partial charge in [-0.15, -0.1) is 0 Å². The van der Waals surface area contributed by atoms with Crippen LogP contribution in [-0.4, -0.2) is 28.0 Å². The molecule has 1 unspecified atom stereocenters. The smallest absolute Gasteiger partial charge is 0.165 e. The first kappa shape index (κ1) is 12.4. The van der Waals surface area contributed by atoms with Gasteiger partial charge in [-0.2, -0.15) is 5.10 Å². The molecule has 2 rings (SSSR count). The van der Waals surface area contributed by atoms with Crippen molar-refractivity contribution in [2.24, 2.45) is 0 Å². The molecule has 0 fully saturated rings. The summed E-state index contributed by atoms with van der Waals surface area (Å²) >= 11 is 0. The molecular formula is C13H17N3O2. The molecule has 5 heteroatoms. The van der Waals surface area contributed by atoms with Gasteiger partial charge in [-0.3, -0.25) is 4.68 Å². The molecule has 0 aliphatic carbocycles. The number of benzene rings is 1. The van der Waals surface area contributed by atoms with E-state index in [0.29, 0.717) is 17.5 Å². The Morgan fingerprint density at radius 3 is 3.00 bits per heavy atom. The molecule has 0 radical (unpaired) electrons. The average molecular weight is 247 g/mol. The molecule has 0 aliphatic rings. The third kappa shape index (κ3) is 3.24. The lowest BCUT2D eigenvalue weighted by Gasteiger charge is -2.09. The fraction of sp³-hybridized carbons (Fsp3) is 0.308. The lowest BCUT2D eigenvalue weighted by molar-refractivity contribution is 0.452. The van der Waals surface area contributed by atoms with E-state index in [0.717, 1.165) is 6.54 Å². The van der Waals surface area contributed by atoms with Crippen LogP contribution in [-0.2, 0) is 6.54 Å². The predicted molar refractivity (Wildman–Crippen MR) is 68.9 cm³/mol. The molecule has 1 aromatic heterocycles. The maximum absolute atomic E-state index is 9.34. The standard InChI is InChI=1S/C13H17N3O2/c1-10(14-2)8-16-9-13(7-15-16)18-12-5-3-4-11(17)6-12/h3-7,9-10,14,17H,8H2,1-2H3.